The Kier molecular flexibility index (Phi) is 5.78. The first-order valence-electron chi connectivity index (χ1n) is 9.50. The van der Waals surface area contributed by atoms with Crippen molar-refractivity contribution in [3.05, 3.63) is 58.9 Å². The molecule has 1 saturated heterocycles. The molecule has 0 aliphatic carbocycles. The van der Waals surface area contributed by atoms with Crippen LogP contribution in [0.25, 0.3) is 10.9 Å². The molecule has 1 aliphatic rings. The number of hydrogen-bond donors (Lipinski definition) is 2. The molecule has 5 nitrogen and oxygen atoms in total. The van der Waals surface area contributed by atoms with Crippen LogP contribution in [0.2, 0.25) is 5.02 Å². The van der Waals surface area contributed by atoms with Crippen molar-refractivity contribution < 1.29 is 13.9 Å². The first kappa shape index (κ1) is 19.8. The van der Waals surface area contributed by atoms with Crippen molar-refractivity contribution in [3.63, 3.8) is 0 Å². The molecule has 1 aliphatic heterocycles. The lowest BCUT2D eigenvalue weighted by Gasteiger charge is -2.33. The number of para-hydroxylation sites is 1. The number of anilines is 1. The van der Waals surface area contributed by atoms with Gasteiger partial charge in [0.2, 0.25) is 0 Å². The third kappa shape index (κ3) is 4.57. The Balaban J connectivity index is 1.53. The van der Waals surface area contributed by atoms with Gasteiger partial charge in [-0.3, -0.25) is 4.90 Å². The largest absolute Gasteiger partial charge is 0.508 e. The van der Waals surface area contributed by atoms with Crippen LogP contribution in [0.15, 0.2) is 42.5 Å². The molecule has 0 bridgehead atoms. The van der Waals surface area contributed by atoms with Gasteiger partial charge < -0.3 is 10.4 Å². The average Bonchev–Trinajstić information content (AvgIpc) is 2.71. The monoisotopic (exact) mass is 418 g/mol. The van der Waals surface area contributed by atoms with E-state index in [0.29, 0.717) is 29.4 Å². The first-order valence-corrected chi connectivity index (χ1v) is 9.88. The highest BCUT2D eigenvalue weighted by atomic mass is 35.5. The van der Waals surface area contributed by atoms with Gasteiger partial charge in [0.25, 0.3) is 6.43 Å². The summed E-state index contributed by atoms with van der Waals surface area (Å²) in [4.78, 5) is 10.3. The van der Waals surface area contributed by atoms with E-state index in [9.17, 15) is 13.9 Å². The molecule has 1 fully saturated rings. The van der Waals surface area contributed by atoms with Crippen LogP contribution in [0.5, 0.6) is 5.75 Å². The van der Waals surface area contributed by atoms with Crippen molar-refractivity contribution in [2.75, 3.05) is 18.4 Å². The number of phenols is 1. The summed E-state index contributed by atoms with van der Waals surface area (Å²) in [5.41, 5.74) is 1.27. The number of nitrogens with zero attached hydrogens (tertiary/aromatic N) is 3. The number of alkyl halides is 2. The highest BCUT2D eigenvalue weighted by Crippen LogP contribution is 2.28. The molecule has 2 N–H and O–H groups in total. The Morgan fingerprint density at radius 3 is 2.86 bits per heavy atom. The molecular weight excluding hydrogens is 398 g/mol. The topological polar surface area (TPSA) is 61.3 Å². The molecule has 0 radical (unpaired) electrons. The predicted octanol–water partition coefficient (Wildman–Crippen LogP) is 5.00. The molecule has 0 amide bonds. The molecule has 29 heavy (non-hydrogen) atoms. The zero-order valence-electron chi connectivity index (χ0n) is 15.7. The van der Waals surface area contributed by atoms with E-state index in [2.05, 4.69) is 20.2 Å². The van der Waals surface area contributed by atoms with E-state index in [-0.39, 0.29) is 11.8 Å². The smallest absolute Gasteiger partial charge is 0.297 e. The maximum atomic E-state index is 13.2. The summed E-state index contributed by atoms with van der Waals surface area (Å²) in [6, 6.07) is 12.2. The molecule has 8 heteroatoms. The zero-order chi connectivity index (χ0) is 20.4. The molecule has 2 heterocycles. The van der Waals surface area contributed by atoms with E-state index in [1.165, 1.54) is 0 Å². The van der Waals surface area contributed by atoms with E-state index in [0.717, 1.165) is 30.3 Å². The highest BCUT2D eigenvalue weighted by Gasteiger charge is 2.23. The minimum absolute atomic E-state index is 0.0499. The standard InChI is InChI=1S/C21H21ClF2N4O/c22-14-7-8-18(29)13(10-14)11-28-9-3-4-15(12-28)25-20-16-5-1-2-6-17(16)26-21(27-20)19(23)24/h1-2,5-8,10,15,19,29H,3-4,9,11-12H2,(H,25,26,27)/t15-/m1/s1. The van der Waals surface area contributed by atoms with Gasteiger partial charge in [-0.15, -0.1) is 0 Å². The minimum atomic E-state index is -2.73. The van der Waals surface area contributed by atoms with Gasteiger partial charge in [0.1, 0.15) is 11.6 Å². The maximum absolute atomic E-state index is 13.2. The number of rotatable bonds is 5. The number of aromatic nitrogens is 2. The number of nitrogens with one attached hydrogen (secondary N) is 1. The van der Waals surface area contributed by atoms with Gasteiger partial charge in [0.05, 0.1) is 5.52 Å². The molecule has 0 saturated carbocycles. The number of aromatic hydroxyl groups is 1. The van der Waals surface area contributed by atoms with Gasteiger partial charge in [0, 0.05) is 35.1 Å². The van der Waals surface area contributed by atoms with Gasteiger partial charge in [-0.05, 0) is 49.7 Å². The zero-order valence-corrected chi connectivity index (χ0v) is 16.4. The summed E-state index contributed by atoms with van der Waals surface area (Å²) in [7, 11) is 0. The molecular formula is C21H21ClF2N4O. The number of likely N-dealkylation sites (tertiary alicyclic amines) is 1. The number of benzene rings is 2. The van der Waals surface area contributed by atoms with Crippen LogP contribution >= 0.6 is 11.6 Å². The molecule has 0 unspecified atom stereocenters. The Morgan fingerprint density at radius 1 is 1.21 bits per heavy atom. The second-order valence-corrected chi connectivity index (χ2v) is 7.68. The van der Waals surface area contributed by atoms with Crippen molar-refractivity contribution in [2.24, 2.45) is 0 Å². The van der Waals surface area contributed by atoms with Crippen LogP contribution in [-0.2, 0) is 6.54 Å². The fourth-order valence-electron chi connectivity index (χ4n) is 3.73. The molecule has 3 aromatic rings. The first-order chi connectivity index (χ1) is 14.0. The van der Waals surface area contributed by atoms with E-state index < -0.39 is 12.2 Å². The number of fused-ring (bicyclic) bond motifs is 1. The van der Waals surface area contributed by atoms with Crippen LogP contribution in [0.4, 0.5) is 14.6 Å². The number of phenolic OH excluding ortho intramolecular Hbond substituents is 1. The minimum Gasteiger partial charge on any atom is -0.508 e. The molecule has 1 atom stereocenters. The fourth-order valence-corrected chi connectivity index (χ4v) is 3.93. The number of piperidine rings is 1. The number of hydrogen-bond acceptors (Lipinski definition) is 5. The fraction of sp³-hybridized carbons (Fsp3) is 0.333. The summed E-state index contributed by atoms with van der Waals surface area (Å²) in [6.45, 7) is 2.16. The second kappa shape index (κ2) is 8.47. The third-order valence-corrected chi connectivity index (χ3v) is 5.33. The van der Waals surface area contributed by atoms with Crippen molar-refractivity contribution in [1.82, 2.24) is 14.9 Å². The molecule has 0 spiro atoms. The summed E-state index contributed by atoms with van der Waals surface area (Å²) in [5, 5.41) is 14.7. The summed E-state index contributed by atoms with van der Waals surface area (Å²) < 4.78 is 26.5. The van der Waals surface area contributed by atoms with Crippen molar-refractivity contribution in [2.45, 2.75) is 31.9 Å². The van der Waals surface area contributed by atoms with Gasteiger partial charge >= 0.3 is 0 Å². The van der Waals surface area contributed by atoms with Gasteiger partial charge in [-0.25, -0.2) is 18.7 Å². The van der Waals surface area contributed by atoms with Crippen molar-refractivity contribution in [1.29, 1.82) is 0 Å². The predicted molar refractivity (Wildman–Crippen MR) is 110 cm³/mol. The van der Waals surface area contributed by atoms with Crippen molar-refractivity contribution in [3.8, 4) is 5.75 Å². The lowest BCUT2D eigenvalue weighted by Crippen LogP contribution is -2.41. The van der Waals surface area contributed by atoms with Crippen molar-refractivity contribution >= 4 is 28.3 Å². The van der Waals surface area contributed by atoms with Gasteiger partial charge in [-0.1, -0.05) is 23.7 Å². The average molecular weight is 419 g/mol. The quantitative estimate of drug-likeness (QED) is 0.610. The van der Waals surface area contributed by atoms with Gasteiger partial charge in [-0.2, -0.15) is 0 Å². The SMILES string of the molecule is Oc1ccc(Cl)cc1CN1CCC[C@@H](Nc2nc(C(F)F)nc3ccccc23)C1. The summed E-state index contributed by atoms with van der Waals surface area (Å²) in [5.74, 6) is 0.180. The molecule has 152 valence electrons. The Labute approximate surface area is 172 Å². The van der Waals surface area contributed by atoms with Crippen LogP contribution in [0, 0.1) is 0 Å². The van der Waals surface area contributed by atoms with E-state index in [1.807, 2.05) is 12.1 Å². The number of halogens is 3. The second-order valence-electron chi connectivity index (χ2n) is 7.24. The Bertz CT molecular complexity index is 1020. The lowest BCUT2D eigenvalue weighted by atomic mass is 10.0. The summed E-state index contributed by atoms with van der Waals surface area (Å²) >= 11 is 6.05. The normalized spacial score (nSPS) is 17.7. The summed E-state index contributed by atoms with van der Waals surface area (Å²) in [6.07, 6.45) is -0.877. The van der Waals surface area contributed by atoms with Gasteiger partial charge in [0.15, 0.2) is 5.82 Å². The Morgan fingerprint density at radius 2 is 2.03 bits per heavy atom. The van der Waals surface area contributed by atoms with Crippen LogP contribution in [0.1, 0.15) is 30.7 Å². The lowest BCUT2D eigenvalue weighted by molar-refractivity contribution is 0.141. The van der Waals surface area contributed by atoms with Crippen LogP contribution in [0.3, 0.4) is 0 Å². The van der Waals surface area contributed by atoms with E-state index in [4.69, 9.17) is 11.6 Å². The van der Waals surface area contributed by atoms with E-state index in [1.54, 1.807) is 30.3 Å². The highest BCUT2D eigenvalue weighted by molar-refractivity contribution is 6.30. The molecule has 4 rings (SSSR count). The third-order valence-electron chi connectivity index (χ3n) is 5.10. The van der Waals surface area contributed by atoms with E-state index >= 15 is 0 Å². The van der Waals surface area contributed by atoms with Crippen LogP contribution < -0.4 is 5.32 Å². The Hall–Kier alpha value is -2.51. The molecule has 2 aromatic carbocycles. The van der Waals surface area contributed by atoms with Crippen LogP contribution in [-0.4, -0.2) is 39.1 Å². The maximum Gasteiger partial charge on any atom is 0.297 e. The molecule has 1 aromatic heterocycles.